The lowest BCUT2D eigenvalue weighted by Gasteiger charge is -2.32. The van der Waals surface area contributed by atoms with Gasteiger partial charge in [-0.1, -0.05) is 29.3 Å². The Morgan fingerprint density at radius 2 is 2.09 bits per heavy atom. The van der Waals surface area contributed by atoms with E-state index in [0.717, 1.165) is 24.6 Å². The predicted octanol–water partition coefficient (Wildman–Crippen LogP) is 4.09. The fourth-order valence-electron chi connectivity index (χ4n) is 3.68. The van der Waals surface area contributed by atoms with Gasteiger partial charge in [0.1, 0.15) is 11.7 Å². The number of hydrogen-bond donors (Lipinski definition) is 1. The number of aromatic nitrogens is 1. The number of thioether (sulfide) groups is 1. The zero-order valence-electron chi connectivity index (χ0n) is 17.3. The number of nitrogens with one attached hydrogen (secondary N) is 1. The van der Waals surface area contributed by atoms with E-state index in [2.05, 4.69) is 20.2 Å². The molecule has 32 heavy (non-hydrogen) atoms. The van der Waals surface area contributed by atoms with Crippen LogP contribution in [0.4, 0.5) is 4.39 Å². The minimum atomic E-state index is -0.806. The van der Waals surface area contributed by atoms with Crippen LogP contribution < -0.4 is 5.32 Å². The van der Waals surface area contributed by atoms with Crippen LogP contribution in [0.15, 0.2) is 52.8 Å². The Kier molecular flexibility index (Phi) is 7.35. The second-order valence-corrected chi connectivity index (χ2v) is 9.35. The zero-order chi connectivity index (χ0) is 22.7. The van der Waals surface area contributed by atoms with Crippen molar-refractivity contribution < 1.29 is 13.9 Å². The molecule has 1 atom stereocenters. The van der Waals surface area contributed by atoms with Crippen molar-refractivity contribution >= 4 is 46.8 Å². The van der Waals surface area contributed by atoms with Crippen LogP contribution >= 0.6 is 35.0 Å². The molecule has 1 saturated heterocycles. The van der Waals surface area contributed by atoms with Gasteiger partial charge in [0, 0.05) is 58.6 Å². The zero-order valence-corrected chi connectivity index (χ0v) is 19.6. The Morgan fingerprint density at radius 3 is 2.78 bits per heavy atom. The Bertz CT molecular complexity index is 1090. The molecule has 0 radical (unpaired) electrons. The summed E-state index contributed by atoms with van der Waals surface area (Å²) in [7, 11) is 1.32. The van der Waals surface area contributed by atoms with Crippen molar-refractivity contribution in [1.29, 1.82) is 0 Å². The van der Waals surface area contributed by atoms with Gasteiger partial charge in [0.2, 0.25) is 0 Å². The number of hydrogen-bond acceptors (Lipinski definition) is 7. The summed E-state index contributed by atoms with van der Waals surface area (Å²) >= 11 is 14.5. The fourth-order valence-corrected chi connectivity index (χ4v) is 5.17. The van der Waals surface area contributed by atoms with Crippen molar-refractivity contribution in [3.05, 3.63) is 74.9 Å². The van der Waals surface area contributed by atoms with Gasteiger partial charge in [-0.15, -0.1) is 0 Å². The van der Waals surface area contributed by atoms with E-state index < -0.39 is 17.8 Å². The van der Waals surface area contributed by atoms with Crippen molar-refractivity contribution in [3.63, 3.8) is 0 Å². The lowest BCUT2D eigenvalue weighted by Crippen LogP contribution is -2.42. The first-order valence-electron chi connectivity index (χ1n) is 10.00. The van der Waals surface area contributed by atoms with E-state index in [0.29, 0.717) is 33.4 Å². The monoisotopic (exact) mass is 494 g/mol. The van der Waals surface area contributed by atoms with Crippen LogP contribution in [0.25, 0.3) is 0 Å². The molecule has 1 N–H and O–H groups in total. The lowest BCUT2D eigenvalue weighted by atomic mass is 9.95. The molecular weight excluding hydrogens is 474 g/mol. The van der Waals surface area contributed by atoms with Crippen molar-refractivity contribution in [3.8, 4) is 0 Å². The van der Waals surface area contributed by atoms with Crippen LogP contribution in [0.1, 0.15) is 17.3 Å². The first kappa shape index (κ1) is 23.0. The van der Waals surface area contributed by atoms with E-state index in [4.69, 9.17) is 27.9 Å². The highest BCUT2D eigenvalue weighted by Gasteiger charge is 2.34. The van der Waals surface area contributed by atoms with Gasteiger partial charge in [0.15, 0.2) is 11.7 Å². The summed E-state index contributed by atoms with van der Waals surface area (Å²) in [5.41, 5.74) is 1.56. The number of halogens is 3. The Morgan fingerprint density at radius 1 is 1.31 bits per heavy atom. The lowest BCUT2D eigenvalue weighted by molar-refractivity contribution is -0.136. The van der Waals surface area contributed by atoms with Crippen LogP contribution in [-0.2, 0) is 9.53 Å². The highest BCUT2D eigenvalue weighted by Crippen LogP contribution is 2.37. The summed E-state index contributed by atoms with van der Waals surface area (Å²) in [4.78, 5) is 24.0. The van der Waals surface area contributed by atoms with Crippen molar-refractivity contribution in [1.82, 2.24) is 15.2 Å². The molecule has 0 amide bonds. The number of methoxy groups -OCH3 is 1. The van der Waals surface area contributed by atoms with Gasteiger partial charge >= 0.3 is 5.97 Å². The van der Waals surface area contributed by atoms with Crippen LogP contribution in [0.5, 0.6) is 0 Å². The SMILES string of the molecule is COC(=O)C1=C(CN2CCSCC2)NC(c2ncccc2F)=NC1c1ccc(Cl)cc1Cl. The fraction of sp³-hybridized carbons (Fsp3) is 0.318. The first-order valence-corrected chi connectivity index (χ1v) is 11.9. The minimum Gasteiger partial charge on any atom is -0.466 e. The Hall–Kier alpha value is -2.13. The van der Waals surface area contributed by atoms with Gasteiger partial charge < -0.3 is 10.1 Å². The van der Waals surface area contributed by atoms with Crippen molar-refractivity contribution in [2.45, 2.75) is 6.04 Å². The average molecular weight is 495 g/mol. The van der Waals surface area contributed by atoms with Crippen LogP contribution in [-0.4, -0.2) is 59.9 Å². The summed E-state index contributed by atoms with van der Waals surface area (Å²) in [6.45, 7) is 2.21. The third kappa shape index (κ3) is 4.93. The number of benzene rings is 1. The number of amidine groups is 1. The number of esters is 1. The number of nitrogens with zero attached hydrogens (tertiary/aromatic N) is 3. The van der Waals surface area contributed by atoms with Crippen LogP contribution in [0, 0.1) is 5.82 Å². The molecule has 1 unspecified atom stereocenters. The van der Waals surface area contributed by atoms with Crippen LogP contribution in [0.2, 0.25) is 10.0 Å². The Labute approximate surface area is 199 Å². The van der Waals surface area contributed by atoms with E-state index in [1.165, 1.54) is 25.4 Å². The van der Waals surface area contributed by atoms with E-state index >= 15 is 0 Å². The maximum absolute atomic E-state index is 14.6. The van der Waals surface area contributed by atoms with Gasteiger partial charge in [-0.2, -0.15) is 11.8 Å². The standard InChI is InChI=1S/C22H21Cl2FN4O2S/c1-31-22(30)18-17(12-29-7-9-32-10-8-29)27-21(20-16(25)3-2-6-26-20)28-19(18)14-5-4-13(23)11-15(14)24/h2-6,11,19H,7-10,12H2,1H3,(H,27,28). The quantitative estimate of drug-likeness (QED) is 0.631. The van der Waals surface area contributed by atoms with Gasteiger partial charge in [-0.05, 0) is 24.3 Å². The number of pyridine rings is 1. The molecule has 0 saturated carbocycles. The summed E-state index contributed by atoms with van der Waals surface area (Å²) in [6, 6.07) is 7.01. The van der Waals surface area contributed by atoms with Gasteiger partial charge in [0.25, 0.3) is 0 Å². The molecule has 4 rings (SSSR count). The molecule has 2 aromatic rings. The number of aliphatic imine (C=N–C) groups is 1. The number of carbonyl (C=O) groups excluding carboxylic acids is 1. The second-order valence-electron chi connectivity index (χ2n) is 7.28. The van der Waals surface area contributed by atoms with Gasteiger partial charge in [0.05, 0.1) is 12.7 Å². The molecule has 168 valence electrons. The molecule has 0 bridgehead atoms. The molecule has 0 aliphatic carbocycles. The number of rotatable bonds is 5. The highest BCUT2D eigenvalue weighted by atomic mass is 35.5. The number of carbonyl (C=O) groups is 1. The molecule has 1 aromatic heterocycles. The minimum absolute atomic E-state index is 0.0678. The molecule has 3 heterocycles. The van der Waals surface area contributed by atoms with Crippen LogP contribution in [0.3, 0.4) is 0 Å². The highest BCUT2D eigenvalue weighted by molar-refractivity contribution is 7.99. The van der Waals surface area contributed by atoms with Crippen molar-refractivity contribution in [2.24, 2.45) is 4.99 Å². The first-order chi connectivity index (χ1) is 15.5. The van der Waals surface area contributed by atoms with Crippen molar-refractivity contribution in [2.75, 3.05) is 38.2 Å². The molecule has 0 spiro atoms. The third-order valence-corrected chi connectivity index (χ3v) is 6.76. The topological polar surface area (TPSA) is 66.8 Å². The molecule has 1 fully saturated rings. The molecule has 2 aliphatic rings. The molecule has 6 nitrogen and oxygen atoms in total. The van der Waals surface area contributed by atoms with Gasteiger partial charge in [-0.3, -0.25) is 9.89 Å². The maximum Gasteiger partial charge on any atom is 0.338 e. The van der Waals surface area contributed by atoms with E-state index in [1.54, 1.807) is 18.2 Å². The predicted molar refractivity (Wildman–Crippen MR) is 126 cm³/mol. The maximum atomic E-state index is 14.6. The summed E-state index contributed by atoms with van der Waals surface area (Å²) in [5, 5.41) is 3.97. The Balaban J connectivity index is 1.85. The van der Waals surface area contributed by atoms with E-state index in [1.807, 2.05) is 11.8 Å². The second kappa shape index (κ2) is 10.2. The molecule has 10 heteroatoms. The smallest absolute Gasteiger partial charge is 0.338 e. The summed E-state index contributed by atoms with van der Waals surface area (Å²) in [5.74, 6) is 1.19. The molecular formula is C22H21Cl2FN4O2S. The van der Waals surface area contributed by atoms with E-state index in [9.17, 15) is 9.18 Å². The normalized spacial score (nSPS) is 19.4. The largest absolute Gasteiger partial charge is 0.466 e. The number of ether oxygens (including phenoxy) is 1. The summed E-state index contributed by atoms with van der Waals surface area (Å²) in [6.07, 6.45) is 1.49. The third-order valence-electron chi connectivity index (χ3n) is 5.26. The average Bonchev–Trinajstić information content (AvgIpc) is 2.79. The van der Waals surface area contributed by atoms with E-state index in [-0.39, 0.29) is 11.5 Å². The molecule has 2 aliphatic heterocycles. The summed E-state index contributed by atoms with van der Waals surface area (Å²) < 4.78 is 19.7. The van der Waals surface area contributed by atoms with Gasteiger partial charge in [-0.25, -0.2) is 14.2 Å². The molecule has 1 aromatic carbocycles.